The second kappa shape index (κ2) is 5.48. The standard InChI is InChI=1S/C17H24O/c1-8-12(2)9-14-10-13(3)11-15(16(14)18-7)17(4,5)6/h1,10-12H,9H2,2-7H3. The average Bonchev–Trinajstić information content (AvgIpc) is 2.27. The lowest BCUT2D eigenvalue weighted by atomic mass is 9.83. The minimum absolute atomic E-state index is 0.0749. The molecule has 0 aliphatic carbocycles. The second-order valence-electron chi connectivity index (χ2n) is 6.03. The smallest absolute Gasteiger partial charge is 0.125 e. The molecule has 0 saturated carbocycles. The highest BCUT2D eigenvalue weighted by Gasteiger charge is 2.22. The van der Waals surface area contributed by atoms with Gasteiger partial charge in [0.25, 0.3) is 0 Å². The summed E-state index contributed by atoms with van der Waals surface area (Å²) in [6.07, 6.45) is 6.35. The summed E-state index contributed by atoms with van der Waals surface area (Å²) >= 11 is 0. The summed E-state index contributed by atoms with van der Waals surface area (Å²) in [6.45, 7) is 10.8. The first kappa shape index (κ1) is 14.6. The predicted molar refractivity (Wildman–Crippen MR) is 78.1 cm³/mol. The van der Waals surface area contributed by atoms with Crippen LogP contribution in [0.15, 0.2) is 12.1 Å². The van der Waals surface area contributed by atoms with E-state index < -0.39 is 0 Å². The highest BCUT2D eigenvalue weighted by atomic mass is 16.5. The van der Waals surface area contributed by atoms with Gasteiger partial charge in [0, 0.05) is 11.5 Å². The zero-order chi connectivity index (χ0) is 13.9. The summed E-state index contributed by atoms with van der Waals surface area (Å²) in [7, 11) is 1.74. The van der Waals surface area contributed by atoms with E-state index in [2.05, 4.69) is 52.7 Å². The number of terminal acetylenes is 1. The van der Waals surface area contributed by atoms with Gasteiger partial charge >= 0.3 is 0 Å². The maximum Gasteiger partial charge on any atom is 0.125 e. The molecule has 0 aromatic heterocycles. The van der Waals surface area contributed by atoms with Crippen molar-refractivity contribution in [3.8, 4) is 18.1 Å². The first-order valence-corrected chi connectivity index (χ1v) is 6.43. The van der Waals surface area contributed by atoms with Gasteiger partial charge in [0.15, 0.2) is 0 Å². The molecule has 0 bridgehead atoms. The lowest BCUT2D eigenvalue weighted by Crippen LogP contribution is -2.15. The molecule has 1 aromatic rings. The number of methoxy groups -OCH3 is 1. The summed E-state index contributed by atoms with van der Waals surface area (Å²) in [4.78, 5) is 0. The Morgan fingerprint density at radius 1 is 1.33 bits per heavy atom. The zero-order valence-corrected chi connectivity index (χ0v) is 12.4. The molecule has 1 atom stereocenters. The van der Waals surface area contributed by atoms with E-state index in [1.807, 2.05) is 0 Å². The summed E-state index contributed by atoms with van der Waals surface area (Å²) < 4.78 is 5.63. The Kier molecular flexibility index (Phi) is 4.46. The van der Waals surface area contributed by atoms with Crippen molar-refractivity contribution in [1.29, 1.82) is 0 Å². The van der Waals surface area contributed by atoms with Gasteiger partial charge in [-0.05, 0) is 24.3 Å². The Labute approximate surface area is 112 Å². The van der Waals surface area contributed by atoms with Gasteiger partial charge in [-0.15, -0.1) is 12.3 Å². The molecule has 0 aliphatic rings. The first-order valence-electron chi connectivity index (χ1n) is 6.43. The van der Waals surface area contributed by atoms with Crippen molar-refractivity contribution in [2.24, 2.45) is 5.92 Å². The number of aryl methyl sites for hydroxylation is 1. The van der Waals surface area contributed by atoms with Gasteiger partial charge in [0.1, 0.15) is 5.75 Å². The van der Waals surface area contributed by atoms with Gasteiger partial charge in [-0.1, -0.05) is 45.4 Å². The number of ether oxygens (including phenoxy) is 1. The fourth-order valence-corrected chi connectivity index (χ4v) is 2.19. The predicted octanol–water partition coefficient (Wildman–Crippen LogP) is 4.11. The molecule has 0 saturated heterocycles. The molecule has 18 heavy (non-hydrogen) atoms. The van der Waals surface area contributed by atoms with Gasteiger partial charge in [-0.3, -0.25) is 0 Å². The van der Waals surface area contributed by atoms with Crippen LogP contribution < -0.4 is 4.74 Å². The highest BCUT2D eigenvalue weighted by Crippen LogP contribution is 2.36. The van der Waals surface area contributed by atoms with Crippen LogP contribution in [0.5, 0.6) is 5.75 Å². The Balaban J connectivity index is 3.35. The molecule has 1 heteroatoms. The molecule has 0 aliphatic heterocycles. The van der Waals surface area contributed by atoms with E-state index in [-0.39, 0.29) is 11.3 Å². The van der Waals surface area contributed by atoms with Crippen LogP contribution in [-0.4, -0.2) is 7.11 Å². The maximum absolute atomic E-state index is 5.63. The van der Waals surface area contributed by atoms with Crippen molar-refractivity contribution >= 4 is 0 Å². The molecule has 1 nitrogen and oxygen atoms in total. The summed E-state index contributed by atoms with van der Waals surface area (Å²) in [5.41, 5.74) is 3.81. The van der Waals surface area contributed by atoms with E-state index in [0.717, 1.165) is 12.2 Å². The van der Waals surface area contributed by atoms with Crippen LogP contribution in [0.1, 0.15) is 44.4 Å². The Morgan fingerprint density at radius 2 is 1.94 bits per heavy atom. The largest absolute Gasteiger partial charge is 0.496 e. The molecule has 1 rings (SSSR count). The first-order chi connectivity index (χ1) is 8.29. The van der Waals surface area contributed by atoms with E-state index >= 15 is 0 Å². The van der Waals surface area contributed by atoms with Gasteiger partial charge in [-0.2, -0.15) is 0 Å². The van der Waals surface area contributed by atoms with Crippen LogP contribution in [0, 0.1) is 25.2 Å². The van der Waals surface area contributed by atoms with Crippen molar-refractivity contribution in [1.82, 2.24) is 0 Å². The molecule has 0 heterocycles. The third-order valence-electron chi connectivity index (χ3n) is 3.13. The molecule has 0 N–H and O–H groups in total. The molecule has 1 unspecified atom stereocenters. The fraction of sp³-hybridized carbons (Fsp3) is 0.529. The topological polar surface area (TPSA) is 9.23 Å². The van der Waals surface area contributed by atoms with Crippen LogP contribution in [0.25, 0.3) is 0 Å². The summed E-state index contributed by atoms with van der Waals surface area (Å²) in [5.74, 6) is 4.01. The van der Waals surface area contributed by atoms with E-state index in [4.69, 9.17) is 11.2 Å². The molecular formula is C17H24O. The summed E-state index contributed by atoms with van der Waals surface area (Å²) in [6, 6.07) is 4.39. The minimum Gasteiger partial charge on any atom is -0.496 e. The normalized spacial score (nSPS) is 12.9. The minimum atomic E-state index is 0.0749. The zero-order valence-electron chi connectivity index (χ0n) is 12.4. The third-order valence-corrected chi connectivity index (χ3v) is 3.13. The average molecular weight is 244 g/mol. The van der Waals surface area contributed by atoms with Crippen LogP contribution in [0.3, 0.4) is 0 Å². The van der Waals surface area contributed by atoms with Crippen LogP contribution in [0.2, 0.25) is 0 Å². The molecule has 0 radical (unpaired) electrons. The van der Waals surface area contributed by atoms with E-state index in [1.165, 1.54) is 16.7 Å². The lowest BCUT2D eigenvalue weighted by Gasteiger charge is -2.25. The monoisotopic (exact) mass is 244 g/mol. The number of rotatable bonds is 3. The molecular weight excluding hydrogens is 220 g/mol. The van der Waals surface area contributed by atoms with E-state index in [0.29, 0.717) is 0 Å². The summed E-state index contributed by atoms with van der Waals surface area (Å²) in [5, 5.41) is 0. The number of benzene rings is 1. The quantitative estimate of drug-likeness (QED) is 0.727. The molecule has 1 aromatic carbocycles. The van der Waals surface area contributed by atoms with E-state index in [1.54, 1.807) is 7.11 Å². The number of hydrogen-bond acceptors (Lipinski definition) is 1. The van der Waals surface area contributed by atoms with Crippen molar-refractivity contribution in [3.05, 3.63) is 28.8 Å². The molecule has 0 amide bonds. The lowest BCUT2D eigenvalue weighted by molar-refractivity contribution is 0.391. The van der Waals surface area contributed by atoms with Gasteiger partial charge in [0.2, 0.25) is 0 Å². The van der Waals surface area contributed by atoms with Crippen LogP contribution in [-0.2, 0) is 11.8 Å². The van der Waals surface area contributed by atoms with Crippen molar-refractivity contribution in [2.45, 2.75) is 46.5 Å². The van der Waals surface area contributed by atoms with Crippen LogP contribution in [0.4, 0.5) is 0 Å². The third kappa shape index (κ3) is 3.29. The fourth-order valence-electron chi connectivity index (χ4n) is 2.19. The Hall–Kier alpha value is -1.42. The van der Waals surface area contributed by atoms with Gasteiger partial charge in [0.05, 0.1) is 7.11 Å². The highest BCUT2D eigenvalue weighted by molar-refractivity contribution is 5.48. The molecule has 0 spiro atoms. The maximum atomic E-state index is 5.63. The van der Waals surface area contributed by atoms with Crippen molar-refractivity contribution in [2.75, 3.05) is 7.11 Å². The van der Waals surface area contributed by atoms with Gasteiger partial charge < -0.3 is 4.74 Å². The van der Waals surface area contributed by atoms with Crippen LogP contribution >= 0.6 is 0 Å². The second-order valence-corrected chi connectivity index (χ2v) is 6.03. The van der Waals surface area contributed by atoms with Gasteiger partial charge in [-0.25, -0.2) is 0 Å². The van der Waals surface area contributed by atoms with Crippen molar-refractivity contribution < 1.29 is 4.74 Å². The number of hydrogen-bond donors (Lipinski definition) is 0. The Bertz CT molecular complexity index is 458. The van der Waals surface area contributed by atoms with Crippen molar-refractivity contribution in [3.63, 3.8) is 0 Å². The Morgan fingerprint density at radius 3 is 2.39 bits per heavy atom. The molecule has 98 valence electrons. The van der Waals surface area contributed by atoms with E-state index in [9.17, 15) is 0 Å². The SMILES string of the molecule is C#CC(C)Cc1cc(C)cc(C(C)(C)C)c1OC. The molecule has 0 fully saturated rings.